The molecule has 2 N–H and O–H groups in total. The molecule has 0 bridgehead atoms. The Morgan fingerprint density at radius 3 is 2.65 bits per heavy atom. The number of ether oxygens (including phenoxy) is 1. The highest BCUT2D eigenvalue weighted by atomic mass is 16.5. The van der Waals surface area contributed by atoms with Gasteiger partial charge in [0.05, 0.1) is 12.5 Å². The summed E-state index contributed by atoms with van der Waals surface area (Å²) in [5.74, 6) is -0.900. The number of nitrogens with one attached hydrogen (secondary N) is 1. The van der Waals surface area contributed by atoms with Gasteiger partial charge in [0.2, 0.25) is 0 Å². The topological polar surface area (TPSA) is 78.9 Å². The number of carbonyl (C=O) groups is 2. The van der Waals surface area contributed by atoms with E-state index >= 15 is 0 Å². The van der Waals surface area contributed by atoms with Gasteiger partial charge in [-0.1, -0.05) is 6.42 Å². The van der Waals surface area contributed by atoms with E-state index in [2.05, 4.69) is 5.32 Å². The van der Waals surface area contributed by atoms with Crippen LogP contribution in [-0.4, -0.2) is 54.4 Å². The summed E-state index contributed by atoms with van der Waals surface area (Å²) in [6.07, 6.45) is 4.56. The lowest BCUT2D eigenvalue weighted by molar-refractivity contribution is -0.191. The summed E-state index contributed by atoms with van der Waals surface area (Å²) < 4.78 is 5.77. The van der Waals surface area contributed by atoms with Crippen LogP contribution in [0.2, 0.25) is 0 Å². The number of carboxylic acid groups (broad SMARTS) is 1. The molecule has 6 heteroatoms. The molecule has 2 fully saturated rings. The van der Waals surface area contributed by atoms with Gasteiger partial charge in [0.1, 0.15) is 0 Å². The predicted molar refractivity (Wildman–Crippen MR) is 73.5 cm³/mol. The van der Waals surface area contributed by atoms with Gasteiger partial charge in [0.15, 0.2) is 0 Å². The van der Waals surface area contributed by atoms with Gasteiger partial charge in [0, 0.05) is 31.7 Å². The summed E-state index contributed by atoms with van der Waals surface area (Å²) in [4.78, 5) is 24.2. The second kappa shape index (κ2) is 5.99. The molecule has 0 aliphatic heterocycles. The van der Waals surface area contributed by atoms with Crippen LogP contribution in [0.3, 0.4) is 0 Å². The Morgan fingerprint density at radius 2 is 2.15 bits per heavy atom. The van der Waals surface area contributed by atoms with Crippen molar-refractivity contribution in [2.75, 3.05) is 20.2 Å². The molecular formula is C14H24N2O4. The van der Waals surface area contributed by atoms with E-state index in [4.69, 9.17) is 9.84 Å². The maximum Gasteiger partial charge on any atom is 0.317 e. The molecule has 0 aromatic heterocycles. The zero-order chi connectivity index (χ0) is 14.8. The third kappa shape index (κ3) is 2.61. The first-order valence-corrected chi connectivity index (χ1v) is 7.35. The summed E-state index contributed by atoms with van der Waals surface area (Å²) in [5.41, 5.74) is 0.148. The summed E-state index contributed by atoms with van der Waals surface area (Å²) >= 11 is 0. The predicted octanol–water partition coefficient (Wildman–Crippen LogP) is 1.45. The van der Waals surface area contributed by atoms with E-state index in [1.807, 2.05) is 6.92 Å². The second-order valence-electron chi connectivity index (χ2n) is 5.77. The number of aliphatic carboxylic acids is 1. The molecule has 2 atom stereocenters. The van der Waals surface area contributed by atoms with Crippen LogP contribution in [0.4, 0.5) is 4.79 Å². The van der Waals surface area contributed by atoms with Crippen molar-refractivity contribution in [2.45, 2.75) is 51.2 Å². The van der Waals surface area contributed by atoms with Gasteiger partial charge in [-0.15, -0.1) is 0 Å². The van der Waals surface area contributed by atoms with Crippen LogP contribution in [0.15, 0.2) is 0 Å². The molecule has 2 rings (SSSR count). The number of hydrogen-bond acceptors (Lipinski definition) is 3. The Kier molecular flexibility index (Phi) is 4.52. The highest BCUT2D eigenvalue weighted by Crippen LogP contribution is 2.58. The third-order valence-corrected chi connectivity index (χ3v) is 4.80. The molecule has 2 aliphatic carbocycles. The molecule has 0 saturated heterocycles. The molecule has 0 aromatic rings. The fourth-order valence-corrected chi connectivity index (χ4v) is 3.49. The SMILES string of the molecule is CCOC1CC(N(C)C(=O)NCCC(=O)O)C12CCC2. The van der Waals surface area contributed by atoms with Gasteiger partial charge in [-0.2, -0.15) is 0 Å². The van der Waals surface area contributed by atoms with E-state index in [1.165, 1.54) is 6.42 Å². The first-order valence-electron chi connectivity index (χ1n) is 7.35. The number of amides is 2. The minimum atomic E-state index is -0.900. The van der Waals surface area contributed by atoms with Crippen molar-refractivity contribution in [1.82, 2.24) is 10.2 Å². The number of urea groups is 1. The first-order chi connectivity index (χ1) is 9.51. The zero-order valence-electron chi connectivity index (χ0n) is 12.2. The standard InChI is InChI=1S/C14H24N2O4/c1-3-20-11-9-10(14(11)6-4-7-14)16(2)13(19)15-8-5-12(17)18/h10-11H,3-9H2,1-2H3,(H,15,19)(H,17,18). The molecule has 20 heavy (non-hydrogen) atoms. The molecule has 0 radical (unpaired) electrons. The highest BCUT2D eigenvalue weighted by molar-refractivity contribution is 5.75. The summed E-state index contributed by atoms with van der Waals surface area (Å²) in [5, 5.41) is 11.2. The Morgan fingerprint density at radius 1 is 1.45 bits per heavy atom. The van der Waals surface area contributed by atoms with Crippen molar-refractivity contribution in [3.8, 4) is 0 Å². The van der Waals surface area contributed by atoms with Gasteiger partial charge < -0.3 is 20.1 Å². The van der Waals surface area contributed by atoms with Gasteiger partial charge in [-0.25, -0.2) is 4.79 Å². The van der Waals surface area contributed by atoms with E-state index in [-0.39, 0.29) is 36.6 Å². The minimum absolute atomic E-state index is 0.0447. The van der Waals surface area contributed by atoms with Crippen molar-refractivity contribution in [1.29, 1.82) is 0 Å². The Hall–Kier alpha value is -1.30. The molecule has 2 amide bonds. The van der Waals surface area contributed by atoms with E-state index in [0.29, 0.717) is 6.61 Å². The fraction of sp³-hybridized carbons (Fsp3) is 0.857. The average Bonchev–Trinajstić information content (AvgIpc) is 2.30. The summed E-state index contributed by atoms with van der Waals surface area (Å²) in [6, 6.07) is 0.0371. The van der Waals surface area contributed by atoms with Gasteiger partial charge in [-0.3, -0.25) is 4.79 Å². The third-order valence-electron chi connectivity index (χ3n) is 4.80. The minimum Gasteiger partial charge on any atom is -0.481 e. The molecule has 1 spiro atoms. The molecule has 2 unspecified atom stereocenters. The van der Waals surface area contributed by atoms with Gasteiger partial charge in [0.25, 0.3) is 0 Å². The van der Waals surface area contributed by atoms with Crippen LogP contribution in [0.5, 0.6) is 0 Å². The van der Waals surface area contributed by atoms with Gasteiger partial charge >= 0.3 is 12.0 Å². The molecule has 6 nitrogen and oxygen atoms in total. The number of nitrogens with zero attached hydrogens (tertiary/aromatic N) is 1. The largest absolute Gasteiger partial charge is 0.481 e. The second-order valence-corrected chi connectivity index (χ2v) is 5.77. The highest BCUT2D eigenvalue weighted by Gasteiger charge is 2.60. The van der Waals surface area contributed by atoms with E-state index in [1.54, 1.807) is 11.9 Å². The van der Waals surface area contributed by atoms with Crippen LogP contribution < -0.4 is 5.32 Å². The van der Waals surface area contributed by atoms with Gasteiger partial charge in [-0.05, 0) is 26.2 Å². The van der Waals surface area contributed by atoms with Crippen molar-refractivity contribution < 1.29 is 19.4 Å². The number of hydrogen-bond donors (Lipinski definition) is 2. The van der Waals surface area contributed by atoms with Crippen LogP contribution in [0.1, 0.15) is 39.0 Å². The van der Waals surface area contributed by atoms with Crippen LogP contribution in [0.25, 0.3) is 0 Å². The Bertz CT molecular complexity index is 381. The van der Waals surface area contributed by atoms with E-state index < -0.39 is 5.97 Å². The molecule has 114 valence electrons. The zero-order valence-corrected chi connectivity index (χ0v) is 12.2. The number of carbonyl (C=O) groups excluding carboxylic acids is 1. The molecule has 0 heterocycles. The summed E-state index contributed by atoms with van der Waals surface area (Å²) in [7, 11) is 1.79. The van der Waals surface area contributed by atoms with Crippen molar-refractivity contribution in [3.63, 3.8) is 0 Å². The van der Waals surface area contributed by atoms with Crippen LogP contribution in [0, 0.1) is 5.41 Å². The lowest BCUT2D eigenvalue weighted by Gasteiger charge is -2.63. The maximum atomic E-state index is 12.0. The van der Waals surface area contributed by atoms with E-state index in [9.17, 15) is 9.59 Å². The quantitative estimate of drug-likeness (QED) is 0.774. The maximum absolute atomic E-state index is 12.0. The first kappa shape index (κ1) is 15.1. The Balaban J connectivity index is 1.85. The lowest BCUT2D eigenvalue weighted by Crippen LogP contribution is -2.68. The van der Waals surface area contributed by atoms with Crippen molar-refractivity contribution in [2.24, 2.45) is 5.41 Å². The van der Waals surface area contributed by atoms with Crippen molar-refractivity contribution in [3.05, 3.63) is 0 Å². The lowest BCUT2D eigenvalue weighted by atomic mass is 9.50. The normalized spacial score (nSPS) is 26.5. The number of carboxylic acids is 1. The molecular weight excluding hydrogens is 260 g/mol. The van der Waals surface area contributed by atoms with Crippen molar-refractivity contribution >= 4 is 12.0 Å². The fourth-order valence-electron chi connectivity index (χ4n) is 3.49. The molecule has 2 saturated carbocycles. The van der Waals surface area contributed by atoms with Crippen LogP contribution in [-0.2, 0) is 9.53 Å². The average molecular weight is 284 g/mol. The smallest absolute Gasteiger partial charge is 0.317 e. The molecule has 0 aromatic carbocycles. The number of rotatable bonds is 6. The Labute approximate surface area is 119 Å². The van der Waals surface area contributed by atoms with Crippen LogP contribution >= 0.6 is 0 Å². The summed E-state index contributed by atoms with van der Waals surface area (Å²) in [6.45, 7) is 2.89. The monoisotopic (exact) mass is 284 g/mol. The van der Waals surface area contributed by atoms with E-state index in [0.717, 1.165) is 19.3 Å². The molecule has 2 aliphatic rings.